The number of carbonyl (C=O) groups excluding carboxylic acids is 1. The Kier molecular flexibility index (Phi) is 2.96. The van der Waals surface area contributed by atoms with Gasteiger partial charge in [0.1, 0.15) is 12.1 Å². The van der Waals surface area contributed by atoms with Crippen LogP contribution in [-0.4, -0.2) is 31.3 Å². The van der Waals surface area contributed by atoms with Gasteiger partial charge in [0, 0.05) is 11.6 Å². The van der Waals surface area contributed by atoms with Crippen LogP contribution >= 0.6 is 0 Å². The van der Waals surface area contributed by atoms with E-state index < -0.39 is 0 Å². The van der Waals surface area contributed by atoms with Crippen molar-refractivity contribution in [2.75, 3.05) is 5.32 Å². The van der Waals surface area contributed by atoms with E-state index in [1.165, 1.54) is 11.0 Å². The number of benzene rings is 1. The first-order valence-corrected chi connectivity index (χ1v) is 5.80. The van der Waals surface area contributed by atoms with Crippen LogP contribution in [0.2, 0.25) is 0 Å². The van der Waals surface area contributed by atoms with Gasteiger partial charge in [0.05, 0.1) is 5.69 Å². The number of nitrogens with one attached hydrogen (secondary N) is 1. The summed E-state index contributed by atoms with van der Waals surface area (Å²) in [6.07, 6.45) is 1.48. The van der Waals surface area contributed by atoms with Crippen molar-refractivity contribution in [2.45, 2.75) is 6.92 Å². The fraction of sp³-hybridized carbons (Fsp3) is 0.0833. The summed E-state index contributed by atoms with van der Waals surface area (Å²) in [5.41, 5.74) is 1.27. The lowest BCUT2D eigenvalue weighted by atomic mass is 10.2. The van der Waals surface area contributed by atoms with E-state index >= 15 is 0 Å². The van der Waals surface area contributed by atoms with E-state index in [0.29, 0.717) is 17.1 Å². The monoisotopic (exact) mass is 270 g/mol. The minimum atomic E-state index is -0.262. The predicted molar refractivity (Wildman–Crippen MR) is 68.3 cm³/mol. The van der Waals surface area contributed by atoms with E-state index in [1.54, 1.807) is 37.3 Å². The molecule has 1 N–H and O–H groups in total. The Bertz CT molecular complexity index is 717. The summed E-state index contributed by atoms with van der Waals surface area (Å²) in [5.74, 6) is 0.757. The summed E-state index contributed by atoms with van der Waals surface area (Å²) in [7, 11) is 0. The van der Waals surface area contributed by atoms with E-state index in [9.17, 15) is 4.79 Å². The smallest absolute Gasteiger partial charge is 0.256 e. The van der Waals surface area contributed by atoms with Crippen molar-refractivity contribution in [2.24, 2.45) is 0 Å². The molecule has 0 aliphatic heterocycles. The van der Waals surface area contributed by atoms with Gasteiger partial charge in [-0.1, -0.05) is 5.16 Å². The van der Waals surface area contributed by atoms with Crippen molar-refractivity contribution in [1.29, 1.82) is 0 Å². The van der Waals surface area contributed by atoms with Crippen LogP contribution in [-0.2, 0) is 0 Å². The Balaban J connectivity index is 1.75. The van der Waals surface area contributed by atoms with Crippen molar-refractivity contribution in [3.63, 3.8) is 0 Å². The maximum Gasteiger partial charge on any atom is 0.256 e. The van der Waals surface area contributed by atoms with Gasteiger partial charge in [-0.05, 0) is 41.6 Å². The molecule has 0 atom stereocenters. The highest BCUT2D eigenvalue weighted by atomic mass is 16.5. The fourth-order valence-corrected chi connectivity index (χ4v) is 1.66. The third-order valence-electron chi connectivity index (χ3n) is 2.61. The Morgan fingerprint density at radius 1 is 1.30 bits per heavy atom. The zero-order chi connectivity index (χ0) is 13.9. The van der Waals surface area contributed by atoms with Crippen LogP contribution in [0.4, 0.5) is 5.82 Å². The molecule has 20 heavy (non-hydrogen) atoms. The Morgan fingerprint density at radius 3 is 2.70 bits per heavy atom. The highest BCUT2D eigenvalue weighted by Crippen LogP contribution is 2.11. The van der Waals surface area contributed by atoms with E-state index in [1.807, 2.05) is 0 Å². The summed E-state index contributed by atoms with van der Waals surface area (Å²) >= 11 is 0. The molecule has 0 bridgehead atoms. The number of amides is 1. The van der Waals surface area contributed by atoms with Crippen LogP contribution in [0.15, 0.2) is 41.2 Å². The highest BCUT2D eigenvalue weighted by Gasteiger charge is 2.09. The number of tetrazole rings is 1. The summed E-state index contributed by atoms with van der Waals surface area (Å²) in [6, 6.07) is 8.50. The first-order valence-electron chi connectivity index (χ1n) is 5.80. The lowest BCUT2D eigenvalue weighted by Gasteiger charge is -2.03. The van der Waals surface area contributed by atoms with Crippen LogP contribution in [0, 0.1) is 6.92 Å². The first kappa shape index (κ1) is 12.0. The number of aromatic nitrogens is 5. The first-order chi connectivity index (χ1) is 9.72. The SMILES string of the molecule is Cc1cc(NC(=O)c2ccc(-n3cnnn3)cc2)no1. The second kappa shape index (κ2) is 4.92. The largest absolute Gasteiger partial charge is 0.360 e. The summed E-state index contributed by atoms with van der Waals surface area (Å²) in [4.78, 5) is 12.0. The third kappa shape index (κ3) is 2.39. The Labute approximate surface area is 113 Å². The van der Waals surface area contributed by atoms with E-state index in [2.05, 4.69) is 26.0 Å². The van der Waals surface area contributed by atoms with Crippen LogP contribution in [0.1, 0.15) is 16.1 Å². The standard InChI is InChI=1S/C12H10N6O2/c1-8-6-11(15-20-8)14-12(19)9-2-4-10(5-3-9)18-7-13-16-17-18/h2-7H,1H3,(H,14,15,19). The molecule has 1 amide bonds. The minimum absolute atomic E-state index is 0.262. The average molecular weight is 270 g/mol. The predicted octanol–water partition coefficient (Wildman–Crippen LogP) is 1.21. The topological polar surface area (TPSA) is 98.7 Å². The zero-order valence-electron chi connectivity index (χ0n) is 10.5. The number of aryl methyl sites for hydroxylation is 1. The van der Waals surface area contributed by atoms with Gasteiger partial charge < -0.3 is 9.84 Å². The van der Waals surface area contributed by atoms with Crippen molar-refractivity contribution < 1.29 is 9.32 Å². The maximum atomic E-state index is 12.0. The van der Waals surface area contributed by atoms with Gasteiger partial charge in [-0.2, -0.15) is 0 Å². The Hall–Kier alpha value is -3.03. The lowest BCUT2D eigenvalue weighted by Crippen LogP contribution is -2.12. The molecule has 0 radical (unpaired) electrons. The molecule has 0 aliphatic rings. The number of nitrogens with zero attached hydrogens (tertiary/aromatic N) is 5. The van der Waals surface area contributed by atoms with Gasteiger partial charge in [0.15, 0.2) is 5.82 Å². The second-order valence-corrected chi connectivity index (χ2v) is 4.08. The van der Waals surface area contributed by atoms with Crippen molar-refractivity contribution in [3.05, 3.63) is 48.0 Å². The van der Waals surface area contributed by atoms with Crippen LogP contribution < -0.4 is 5.32 Å². The maximum absolute atomic E-state index is 12.0. The molecule has 0 saturated heterocycles. The molecule has 8 nitrogen and oxygen atoms in total. The molecule has 2 aromatic heterocycles. The molecule has 0 aliphatic carbocycles. The molecule has 3 aromatic rings. The van der Waals surface area contributed by atoms with Gasteiger partial charge in [0.2, 0.25) is 0 Å². The average Bonchev–Trinajstić information content (AvgIpc) is 3.11. The molecule has 0 spiro atoms. The number of hydrogen-bond acceptors (Lipinski definition) is 6. The molecule has 2 heterocycles. The Morgan fingerprint density at radius 2 is 2.10 bits per heavy atom. The highest BCUT2D eigenvalue weighted by molar-refractivity contribution is 6.03. The van der Waals surface area contributed by atoms with Crippen LogP contribution in [0.3, 0.4) is 0 Å². The molecular weight excluding hydrogens is 260 g/mol. The molecule has 0 unspecified atom stereocenters. The molecule has 100 valence electrons. The van der Waals surface area contributed by atoms with Gasteiger partial charge in [-0.15, -0.1) is 5.10 Å². The summed E-state index contributed by atoms with van der Waals surface area (Å²) in [6.45, 7) is 1.75. The normalized spacial score (nSPS) is 10.4. The van der Waals surface area contributed by atoms with Gasteiger partial charge in [-0.25, -0.2) is 4.68 Å². The van der Waals surface area contributed by atoms with Crippen molar-refractivity contribution >= 4 is 11.7 Å². The molecule has 0 fully saturated rings. The molecule has 8 heteroatoms. The van der Waals surface area contributed by atoms with E-state index in [-0.39, 0.29) is 5.91 Å². The fourth-order valence-electron chi connectivity index (χ4n) is 1.66. The molecule has 3 rings (SSSR count). The number of hydrogen-bond donors (Lipinski definition) is 1. The van der Waals surface area contributed by atoms with E-state index in [0.717, 1.165) is 5.69 Å². The summed E-state index contributed by atoms with van der Waals surface area (Å²) < 4.78 is 6.38. The zero-order valence-corrected chi connectivity index (χ0v) is 10.5. The lowest BCUT2D eigenvalue weighted by molar-refractivity contribution is 0.102. The van der Waals surface area contributed by atoms with Gasteiger partial charge in [0.25, 0.3) is 5.91 Å². The van der Waals surface area contributed by atoms with Crippen molar-refractivity contribution in [1.82, 2.24) is 25.4 Å². The second-order valence-electron chi connectivity index (χ2n) is 4.08. The number of carbonyl (C=O) groups is 1. The van der Waals surface area contributed by atoms with E-state index in [4.69, 9.17) is 4.52 Å². The van der Waals surface area contributed by atoms with Gasteiger partial charge in [-0.3, -0.25) is 4.79 Å². The minimum Gasteiger partial charge on any atom is -0.360 e. The molecule has 1 aromatic carbocycles. The third-order valence-corrected chi connectivity index (χ3v) is 2.61. The van der Waals surface area contributed by atoms with Crippen molar-refractivity contribution in [3.8, 4) is 5.69 Å². The van der Waals surface area contributed by atoms with Crippen LogP contribution in [0.25, 0.3) is 5.69 Å². The number of rotatable bonds is 3. The molecule has 0 saturated carbocycles. The quantitative estimate of drug-likeness (QED) is 0.768. The molecular formula is C12H10N6O2. The van der Waals surface area contributed by atoms with Crippen LogP contribution in [0.5, 0.6) is 0 Å². The van der Waals surface area contributed by atoms with Gasteiger partial charge >= 0.3 is 0 Å². The number of anilines is 1. The summed E-state index contributed by atoms with van der Waals surface area (Å²) in [5, 5.41) is 17.2.